The van der Waals surface area contributed by atoms with Gasteiger partial charge in [0, 0.05) is 0 Å². The number of oxime groups is 1. The highest BCUT2D eigenvalue weighted by atomic mass is 16.8. The second kappa shape index (κ2) is 5.18. The van der Waals surface area contributed by atoms with Crippen LogP contribution in [0, 0.1) is 0 Å². The van der Waals surface area contributed by atoms with Crippen LogP contribution in [0.4, 0.5) is 9.59 Å². The van der Waals surface area contributed by atoms with Crippen molar-refractivity contribution in [3.05, 3.63) is 0 Å². The SMILES string of the molecule is CC(C)=NOC(=O)OCC1COC(=O)O1. The third-order valence-corrected chi connectivity index (χ3v) is 1.34. The van der Waals surface area contributed by atoms with Crippen molar-refractivity contribution in [2.75, 3.05) is 13.2 Å². The monoisotopic (exact) mass is 217 g/mol. The first-order valence-corrected chi connectivity index (χ1v) is 4.26. The minimum Gasteiger partial charge on any atom is -0.430 e. The Kier molecular flexibility index (Phi) is 3.90. The van der Waals surface area contributed by atoms with Gasteiger partial charge < -0.3 is 14.2 Å². The summed E-state index contributed by atoms with van der Waals surface area (Å²) in [4.78, 5) is 25.7. The summed E-state index contributed by atoms with van der Waals surface area (Å²) in [6.07, 6.45) is -2.28. The average molecular weight is 217 g/mol. The molecule has 0 aromatic carbocycles. The van der Waals surface area contributed by atoms with E-state index in [0.29, 0.717) is 5.71 Å². The maximum Gasteiger partial charge on any atom is 0.535 e. The summed E-state index contributed by atoms with van der Waals surface area (Å²) in [7, 11) is 0. The molecule has 7 heteroatoms. The van der Waals surface area contributed by atoms with Gasteiger partial charge in [0.2, 0.25) is 0 Å². The van der Waals surface area contributed by atoms with Crippen molar-refractivity contribution in [3.63, 3.8) is 0 Å². The molecule has 1 aliphatic rings. The summed E-state index contributed by atoms with van der Waals surface area (Å²) < 4.78 is 13.7. The number of nitrogens with zero attached hydrogens (tertiary/aromatic N) is 1. The maximum absolute atomic E-state index is 10.9. The van der Waals surface area contributed by atoms with Gasteiger partial charge in [-0.1, -0.05) is 5.16 Å². The van der Waals surface area contributed by atoms with E-state index in [1.165, 1.54) is 0 Å². The molecule has 1 rings (SSSR count). The topological polar surface area (TPSA) is 83.4 Å². The molecule has 0 spiro atoms. The molecule has 1 unspecified atom stereocenters. The zero-order valence-corrected chi connectivity index (χ0v) is 8.39. The molecule has 1 fully saturated rings. The molecular weight excluding hydrogens is 206 g/mol. The number of ether oxygens (including phenoxy) is 3. The van der Waals surface area contributed by atoms with Crippen molar-refractivity contribution in [1.29, 1.82) is 0 Å². The third kappa shape index (κ3) is 4.30. The number of carbonyl (C=O) groups excluding carboxylic acids is 2. The summed E-state index contributed by atoms with van der Waals surface area (Å²) in [6, 6.07) is 0. The molecule has 84 valence electrons. The van der Waals surface area contributed by atoms with Crippen molar-refractivity contribution in [2.45, 2.75) is 20.0 Å². The van der Waals surface area contributed by atoms with Gasteiger partial charge in [0.25, 0.3) is 0 Å². The molecule has 15 heavy (non-hydrogen) atoms. The third-order valence-electron chi connectivity index (χ3n) is 1.34. The van der Waals surface area contributed by atoms with E-state index < -0.39 is 18.4 Å². The molecule has 1 saturated heterocycles. The van der Waals surface area contributed by atoms with E-state index in [4.69, 9.17) is 0 Å². The van der Waals surface area contributed by atoms with Crippen LogP contribution in [0.3, 0.4) is 0 Å². The van der Waals surface area contributed by atoms with Crippen LogP contribution in [0.2, 0.25) is 0 Å². The van der Waals surface area contributed by atoms with Crippen molar-refractivity contribution in [2.24, 2.45) is 5.16 Å². The van der Waals surface area contributed by atoms with Gasteiger partial charge in [0.1, 0.15) is 13.2 Å². The van der Waals surface area contributed by atoms with Crippen LogP contribution in [0.5, 0.6) is 0 Å². The van der Waals surface area contributed by atoms with E-state index >= 15 is 0 Å². The van der Waals surface area contributed by atoms with Gasteiger partial charge in [-0.3, -0.25) is 4.84 Å². The number of rotatable bonds is 3. The van der Waals surface area contributed by atoms with Crippen molar-refractivity contribution < 1.29 is 28.6 Å². The van der Waals surface area contributed by atoms with Crippen molar-refractivity contribution in [3.8, 4) is 0 Å². The Morgan fingerprint density at radius 3 is 2.87 bits per heavy atom. The van der Waals surface area contributed by atoms with Crippen molar-refractivity contribution >= 4 is 18.0 Å². The molecule has 1 atom stereocenters. The molecule has 0 amide bonds. The summed E-state index contributed by atoms with van der Waals surface area (Å²) >= 11 is 0. The maximum atomic E-state index is 10.9. The second-order valence-corrected chi connectivity index (χ2v) is 2.99. The van der Waals surface area contributed by atoms with Crippen LogP contribution in [-0.4, -0.2) is 37.3 Å². The van der Waals surface area contributed by atoms with Crippen LogP contribution < -0.4 is 0 Å². The van der Waals surface area contributed by atoms with Crippen molar-refractivity contribution in [1.82, 2.24) is 0 Å². The minimum absolute atomic E-state index is 0.0716. The number of cyclic esters (lactones) is 2. The molecule has 0 aromatic rings. The molecule has 1 heterocycles. The first kappa shape index (κ1) is 11.3. The first-order valence-electron chi connectivity index (χ1n) is 4.26. The predicted molar refractivity (Wildman–Crippen MR) is 47.4 cm³/mol. The fourth-order valence-electron chi connectivity index (χ4n) is 0.763. The van der Waals surface area contributed by atoms with Gasteiger partial charge in [0.15, 0.2) is 6.10 Å². The molecule has 0 N–H and O–H groups in total. The first-order chi connectivity index (χ1) is 7.08. The zero-order chi connectivity index (χ0) is 11.3. The fraction of sp³-hybridized carbons (Fsp3) is 0.625. The Bertz CT molecular complexity index is 283. The Morgan fingerprint density at radius 2 is 2.33 bits per heavy atom. The van der Waals surface area contributed by atoms with Crippen LogP contribution >= 0.6 is 0 Å². The van der Waals surface area contributed by atoms with Gasteiger partial charge in [-0.05, 0) is 13.8 Å². The van der Waals surface area contributed by atoms with Gasteiger partial charge in [-0.25, -0.2) is 9.59 Å². The zero-order valence-electron chi connectivity index (χ0n) is 8.39. The van der Waals surface area contributed by atoms with E-state index in [0.717, 1.165) is 0 Å². The lowest BCUT2D eigenvalue weighted by Crippen LogP contribution is -2.20. The Balaban J connectivity index is 2.17. The number of hydrogen-bond acceptors (Lipinski definition) is 7. The highest BCUT2D eigenvalue weighted by Gasteiger charge is 2.26. The van der Waals surface area contributed by atoms with Gasteiger partial charge in [0.05, 0.1) is 5.71 Å². The van der Waals surface area contributed by atoms with Gasteiger partial charge in [-0.2, -0.15) is 0 Å². The Labute approximate surface area is 85.9 Å². The predicted octanol–water partition coefficient (Wildman–Crippen LogP) is 1.07. The molecule has 0 aromatic heterocycles. The number of carbonyl (C=O) groups is 2. The van der Waals surface area contributed by atoms with E-state index in [9.17, 15) is 9.59 Å². The normalized spacial score (nSPS) is 18.8. The largest absolute Gasteiger partial charge is 0.535 e. The quantitative estimate of drug-likeness (QED) is 0.304. The lowest BCUT2D eigenvalue weighted by Gasteiger charge is -2.05. The molecule has 1 aliphatic heterocycles. The summed E-state index contributed by atoms with van der Waals surface area (Å²) in [5, 5.41) is 3.39. The summed E-state index contributed by atoms with van der Waals surface area (Å²) in [5.74, 6) is 0. The fourth-order valence-corrected chi connectivity index (χ4v) is 0.763. The molecular formula is C8H11NO6. The molecule has 0 radical (unpaired) electrons. The molecule has 0 bridgehead atoms. The Morgan fingerprint density at radius 1 is 1.60 bits per heavy atom. The highest BCUT2D eigenvalue weighted by Crippen LogP contribution is 2.06. The summed E-state index contributed by atoms with van der Waals surface area (Å²) in [6.45, 7) is 3.30. The van der Waals surface area contributed by atoms with Crippen LogP contribution in [0.1, 0.15) is 13.8 Å². The molecule has 0 saturated carbocycles. The Hall–Kier alpha value is -1.79. The lowest BCUT2D eigenvalue weighted by atomic mass is 10.4. The number of hydrogen-bond donors (Lipinski definition) is 0. The smallest absolute Gasteiger partial charge is 0.430 e. The van der Waals surface area contributed by atoms with E-state index in [-0.39, 0.29) is 13.2 Å². The van der Waals surface area contributed by atoms with Gasteiger partial charge >= 0.3 is 12.3 Å². The standard InChI is InChI=1S/C8H11NO6/c1-5(2)9-15-8(11)13-4-6-3-12-7(10)14-6/h6H,3-4H2,1-2H3. The van der Waals surface area contributed by atoms with E-state index in [1.54, 1.807) is 13.8 Å². The van der Waals surface area contributed by atoms with Crippen LogP contribution in [0.15, 0.2) is 5.16 Å². The second-order valence-electron chi connectivity index (χ2n) is 2.99. The molecule has 7 nitrogen and oxygen atoms in total. The summed E-state index contributed by atoms with van der Waals surface area (Å²) in [5.41, 5.74) is 0.586. The average Bonchev–Trinajstić information content (AvgIpc) is 2.58. The van der Waals surface area contributed by atoms with Crippen LogP contribution in [-0.2, 0) is 19.0 Å². The van der Waals surface area contributed by atoms with Gasteiger partial charge in [-0.15, -0.1) is 0 Å². The van der Waals surface area contributed by atoms with Crippen LogP contribution in [0.25, 0.3) is 0 Å². The van der Waals surface area contributed by atoms with E-state index in [2.05, 4.69) is 24.2 Å². The van der Waals surface area contributed by atoms with E-state index in [1.807, 2.05) is 0 Å². The molecule has 0 aliphatic carbocycles. The minimum atomic E-state index is -0.945. The lowest BCUT2D eigenvalue weighted by molar-refractivity contribution is 0.0258. The highest BCUT2D eigenvalue weighted by molar-refractivity contribution is 5.79.